The summed E-state index contributed by atoms with van der Waals surface area (Å²) >= 11 is 0. The van der Waals surface area contributed by atoms with E-state index in [2.05, 4.69) is 0 Å². The molecule has 24 heavy (non-hydrogen) atoms. The summed E-state index contributed by atoms with van der Waals surface area (Å²) < 4.78 is 25.3. The first kappa shape index (κ1) is 17.5. The van der Waals surface area contributed by atoms with E-state index >= 15 is 0 Å². The number of aromatic hydroxyl groups is 1. The van der Waals surface area contributed by atoms with Crippen LogP contribution < -0.4 is 0 Å². The monoisotopic (exact) mass is 335 g/mol. The van der Waals surface area contributed by atoms with Crippen molar-refractivity contribution in [1.82, 2.24) is 4.57 Å². The average molecular weight is 335 g/mol. The molecule has 1 aromatic heterocycles. The van der Waals surface area contributed by atoms with Crippen molar-refractivity contribution in [3.8, 4) is 17.0 Å². The zero-order valence-electron chi connectivity index (χ0n) is 13.6. The highest BCUT2D eigenvalue weighted by Gasteiger charge is 2.32. The molecule has 0 atom stereocenters. The molecule has 2 rings (SSSR count). The molecular weight excluding hydrogens is 317 g/mol. The summed E-state index contributed by atoms with van der Waals surface area (Å²) in [6.45, 7) is 3.38. The average Bonchev–Trinajstić information content (AvgIpc) is 2.79. The number of rotatable bonds is 5. The van der Waals surface area contributed by atoms with Crippen molar-refractivity contribution in [1.29, 1.82) is 0 Å². The molecule has 0 bridgehead atoms. The van der Waals surface area contributed by atoms with Crippen LogP contribution in [0.3, 0.4) is 0 Å². The Hall–Kier alpha value is -2.83. The minimum Gasteiger partial charge on any atom is -0.505 e. The van der Waals surface area contributed by atoms with Crippen LogP contribution in [0.25, 0.3) is 11.3 Å². The Morgan fingerprint density at radius 3 is 2.29 bits per heavy atom. The van der Waals surface area contributed by atoms with Crippen molar-refractivity contribution in [2.75, 3.05) is 13.2 Å². The lowest BCUT2D eigenvalue weighted by Gasteiger charge is -2.09. The lowest BCUT2D eigenvalue weighted by molar-refractivity contribution is 0.0512. The minimum absolute atomic E-state index is 0.0482. The van der Waals surface area contributed by atoms with E-state index in [9.17, 15) is 19.1 Å². The first-order chi connectivity index (χ1) is 11.4. The van der Waals surface area contributed by atoms with Crippen LogP contribution in [0.4, 0.5) is 4.39 Å². The van der Waals surface area contributed by atoms with Gasteiger partial charge in [0.25, 0.3) is 0 Å². The Morgan fingerprint density at radius 2 is 1.71 bits per heavy atom. The largest absolute Gasteiger partial charge is 0.505 e. The topological polar surface area (TPSA) is 77.8 Å². The highest BCUT2D eigenvalue weighted by atomic mass is 19.1. The second kappa shape index (κ2) is 7.16. The SMILES string of the molecule is CCOC(=O)c1c(O)c(C(=O)OCC)n(C)c1-c1ccccc1F. The number of hydrogen-bond acceptors (Lipinski definition) is 5. The number of benzene rings is 1. The first-order valence-corrected chi connectivity index (χ1v) is 7.44. The molecule has 0 unspecified atom stereocenters. The summed E-state index contributed by atoms with van der Waals surface area (Å²) in [6.07, 6.45) is 0. The van der Waals surface area contributed by atoms with Gasteiger partial charge in [0, 0.05) is 12.6 Å². The molecule has 0 saturated heterocycles. The van der Waals surface area contributed by atoms with Crippen LogP contribution in [0.1, 0.15) is 34.7 Å². The van der Waals surface area contributed by atoms with E-state index in [-0.39, 0.29) is 35.7 Å². The first-order valence-electron chi connectivity index (χ1n) is 7.44. The van der Waals surface area contributed by atoms with Gasteiger partial charge in [0.05, 0.1) is 18.9 Å². The van der Waals surface area contributed by atoms with E-state index in [0.29, 0.717) is 0 Å². The maximum absolute atomic E-state index is 14.2. The molecule has 0 radical (unpaired) electrons. The zero-order valence-corrected chi connectivity index (χ0v) is 13.6. The molecule has 0 amide bonds. The van der Waals surface area contributed by atoms with Gasteiger partial charge in [0.15, 0.2) is 11.4 Å². The molecule has 0 spiro atoms. The van der Waals surface area contributed by atoms with Crippen molar-refractivity contribution in [2.24, 2.45) is 7.05 Å². The van der Waals surface area contributed by atoms with Crippen molar-refractivity contribution in [3.05, 3.63) is 41.3 Å². The maximum Gasteiger partial charge on any atom is 0.358 e. The molecule has 0 aliphatic rings. The van der Waals surface area contributed by atoms with Gasteiger partial charge < -0.3 is 19.1 Å². The molecule has 1 N–H and O–H groups in total. The lowest BCUT2D eigenvalue weighted by atomic mass is 10.1. The summed E-state index contributed by atoms with van der Waals surface area (Å²) in [4.78, 5) is 24.3. The van der Waals surface area contributed by atoms with Crippen LogP contribution >= 0.6 is 0 Å². The molecule has 128 valence electrons. The summed E-state index contributed by atoms with van der Waals surface area (Å²) in [5.74, 6) is -2.85. The second-order valence-electron chi connectivity index (χ2n) is 4.90. The van der Waals surface area contributed by atoms with Crippen LogP contribution in [0.5, 0.6) is 5.75 Å². The minimum atomic E-state index is -0.848. The number of hydrogen-bond donors (Lipinski definition) is 1. The fourth-order valence-corrected chi connectivity index (χ4v) is 2.47. The second-order valence-corrected chi connectivity index (χ2v) is 4.90. The third-order valence-electron chi connectivity index (χ3n) is 3.45. The fraction of sp³-hybridized carbons (Fsp3) is 0.294. The van der Waals surface area contributed by atoms with Gasteiger partial charge in [-0.2, -0.15) is 0 Å². The summed E-state index contributed by atoms with van der Waals surface area (Å²) in [6, 6.07) is 5.75. The van der Waals surface area contributed by atoms with Crippen LogP contribution in [0.2, 0.25) is 0 Å². The Bertz CT molecular complexity index is 782. The fourth-order valence-electron chi connectivity index (χ4n) is 2.47. The van der Waals surface area contributed by atoms with E-state index in [0.717, 1.165) is 0 Å². The predicted molar refractivity (Wildman–Crippen MR) is 84.4 cm³/mol. The molecule has 0 aliphatic carbocycles. The van der Waals surface area contributed by atoms with Gasteiger partial charge in [-0.05, 0) is 26.0 Å². The normalized spacial score (nSPS) is 10.5. The Labute approximate surface area is 138 Å². The third kappa shape index (κ3) is 2.97. The number of aromatic nitrogens is 1. The van der Waals surface area contributed by atoms with Crippen molar-refractivity contribution in [2.45, 2.75) is 13.8 Å². The van der Waals surface area contributed by atoms with Crippen LogP contribution in [-0.2, 0) is 16.5 Å². The van der Waals surface area contributed by atoms with E-state index in [1.54, 1.807) is 19.9 Å². The van der Waals surface area contributed by atoms with E-state index in [1.807, 2.05) is 0 Å². The molecule has 1 aromatic carbocycles. The molecule has 0 fully saturated rings. The Balaban J connectivity index is 2.77. The highest BCUT2D eigenvalue weighted by molar-refractivity contribution is 6.05. The number of ether oxygens (including phenoxy) is 2. The zero-order chi connectivity index (χ0) is 17.9. The van der Waals surface area contributed by atoms with Gasteiger partial charge >= 0.3 is 11.9 Å². The molecule has 0 saturated carbocycles. The number of halogens is 1. The van der Waals surface area contributed by atoms with Crippen molar-refractivity contribution >= 4 is 11.9 Å². The predicted octanol–water partition coefficient (Wildman–Crippen LogP) is 2.89. The van der Waals surface area contributed by atoms with Gasteiger partial charge in [-0.3, -0.25) is 0 Å². The van der Waals surface area contributed by atoms with Crippen LogP contribution in [0.15, 0.2) is 24.3 Å². The number of carbonyl (C=O) groups is 2. The van der Waals surface area contributed by atoms with Crippen LogP contribution in [-0.4, -0.2) is 34.8 Å². The molecule has 7 heteroatoms. The molecular formula is C17H18FNO5. The Morgan fingerprint density at radius 1 is 1.12 bits per heavy atom. The summed E-state index contributed by atoms with van der Waals surface area (Å²) in [7, 11) is 1.44. The summed E-state index contributed by atoms with van der Waals surface area (Å²) in [5, 5.41) is 10.4. The Kier molecular flexibility index (Phi) is 5.23. The van der Waals surface area contributed by atoms with Crippen molar-refractivity contribution in [3.63, 3.8) is 0 Å². The van der Waals surface area contributed by atoms with Gasteiger partial charge in [-0.15, -0.1) is 0 Å². The van der Waals surface area contributed by atoms with Crippen molar-refractivity contribution < 1.29 is 28.6 Å². The van der Waals surface area contributed by atoms with Gasteiger partial charge in [0.1, 0.15) is 11.4 Å². The van der Waals surface area contributed by atoms with Gasteiger partial charge in [-0.1, -0.05) is 12.1 Å². The number of carbonyl (C=O) groups excluding carboxylic acids is 2. The molecule has 0 aliphatic heterocycles. The third-order valence-corrected chi connectivity index (χ3v) is 3.45. The van der Waals surface area contributed by atoms with Gasteiger partial charge in [-0.25, -0.2) is 14.0 Å². The number of nitrogens with zero attached hydrogens (tertiary/aromatic N) is 1. The standard InChI is InChI=1S/C17H18FNO5/c1-4-23-16(21)12-13(10-8-6-7-9-11(10)18)19(3)14(15(12)20)17(22)24-5-2/h6-9,20H,4-5H2,1-3H3. The van der Waals surface area contributed by atoms with Gasteiger partial charge in [0.2, 0.25) is 0 Å². The van der Waals surface area contributed by atoms with E-state index < -0.39 is 23.5 Å². The molecule has 6 nitrogen and oxygen atoms in total. The smallest absolute Gasteiger partial charge is 0.358 e. The maximum atomic E-state index is 14.2. The van der Waals surface area contributed by atoms with E-state index in [1.165, 1.54) is 29.8 Å². The highest BCUT2D eigenvalue weighted by Crippen LogP contribution is 2.37. The van der Waals surface area contributed by atoms with Crippen LogP contribution in [0, 0.1) is 5.82 Å². The van der Waals surface area contributed by atoms with E-state index in [4.69, 9.17) is 9.47 Å². The molecule has 1 heterocycles. The lowest BCUT2D eigenvalue weighted by Crippen LogP contribution is -2.10. The number of esters is 2. The molecule has 2 aromatic rings. The quantitative estimate of drug-likeness (QED) is 0.850. The summed E-state index contributed by atoms with van der Waals surface area (Å²) in [5.41, 5.74) is -0.397.